The molecule has 0 aliphatic heterocycles. The van der Waals surface area contributed by atoms with Crippen molar-refractivity contribution in [3.63, 3.8) is 0 Å². The molecule has 3 N–H and O–H groups in total. The zero-order valence-corrected chi connectivity index (χ0v) is 11.2. The highest BCUT2D eigenvalue weighted by molar-refractivity contribution is 5.93. The Hall–Kier alpha value is -2.51. The Labute approximate surface area is 115 Å². The van der Waals surface area contributed by atoms with Crippen LogP contribution in [0.4, 0.5) is 0 Å². The minimum Gasteiger partial charge on any atom is -0.476 e. The maximum absolute atomic E-state index is 11.6. The first-order chi connectivity index (χ1) is 9.40. The van der Waals surface area contributed by atoms with Crippen LogP contribution in [0.15, 0.2) is 12.4 Å². The van der Waals surface area contributed by atoms with Crippen LogP contribution >= 0.6 is 0 Å². The van der Waals surface area contributed by atoms with Gasteiger partial charge in [0.15, 0.2) is 5.69 Å². The van der Waals surface area contributed by atoms with Crippen molar-refractivity contribution in [2.75, 3.05) is 6.54 Å². The van der Waals surface area contributed by atoms with E-state index in [1.165, 1.54) is 0 Å². The van der Waals surface area contributed by atoms with Gasteiger partial charge in [0.05, 0.1) is 12.4 Å². The summed E-state index contributed by atoms with van der Waals surface area (Å²) in [6, 6.07) is 0.0487. The van der Waals surface area contributed by atoms with Gasteiger partial charge in [0.25, 0.3) is 5.91 Å². The van der Waals surface area contributed by atoms with Crippen molar-refractivity contribution in [2.24, 2.45) is 0 Å². The molecule has 0 fully saturated rings. The third kappa shape index (κ3) is 5.01. The molecule has 0 saturated carbocycles. The van der Waals surface area contributed by atoms with Gasteiger partial charge in [-0.25, -0.2) is 14.8 Å². The molecule has 1 aromatic heterocycles. The lowest BCUT2D eigenvalue weighted by atomic mass is 10.3. The number of carbonyl (C=O) groups is 3. The number of carbonyl (C=O) groups excluding carboxylic acids is 2. The summed E-state index contributed by atoms with van der Waals surface area (Å²) < 4.78 is 0. The smallest absolute Gasteiger partial charge is 0.356 e. The largest absolute Gasteiger partial charge is 0.476 e. The second-order valence-electron chi connectivity index (χ2n) is 4.32. The fraction of sp³-hybridized carbons (Fsp3) is 0.417. The highest BCUT2D eigenvalue weighted by Crippen LogP contribution is 1.96. The molecule has 108 valence electrons. The lowest BCUT2D eigenvalue weighted by Gasteiger charge is -2.08. The molecule has 1 rings (SSSR count). The average Bonchev–Trinajstić information content (AvgIpc) is 2.37. The van der Waals surface area contributed by atoms with Crippen molar-refractivity contribution in [3.8, 4) is 0 Å². The molecule has 0 atom stereocenters. The Morgan fingerprint density at radius 2 is 1.80 bits per heavy atom. The number of aromatic nitrogens is 2. The highest BCUT2D eigenvalue weighted by atomic mass is 16.4. The molecule has 20 heavy (non-hydrogen) atoms. The molecule has 2 amide bonds. The van der Waals surface area contributed by atoms with E-state index in [1.807, 2.05) is 13.8 Å². The van der Waals surface area contributed by atoms with Crippen LogP contribution in [0.5, 0.6) is 0 Å². The molecule has 1 aromatic rings. The molecule has 0 aliphatic rings. The van der Waals surface area contributed by atoms with E-state index in [0.717, 1.165) is 12.4 Å². The monoisotopic (exact) mass is 280 g/mol. The maximum Gasteiger partial charge on any atom is 0.356 e. The summed E-state index contributed by atoms with van der Waals surface area (Å²) in [5.74, 6) is -1.88. The molecule has 8 heteroatoms. The second-order valence-corrected chi connectivity index (χ2v) is 4.32. The van der Waals surface area contributed by atoms with Gasteiger partial charge in [-0.2, -0.15) is 0 Å². The summed E-state index contributed by atoms with van der Waals surface area (Å²) in [6.07, 6.45) is 2.24. The minimum atomic E-state index is -1.21. The fourth-order valence-electron chi connectivity index (χ4n) is 1.33. The number of carboxylic acids is 1. The van der Waals surface area contributed by atoms with Crippen molar-refractivity contribution in [3.05, 3.63) is 23.8 Å². The number of amides is 2. The van der Waals surface area contributed by atoms with Crippen LogP contribution in [0.3, 0.4) is 0 Å². The Morgan fingerprint density at radius 1 is 1.20 bits per heavy atom. The summed E-state index contributed by atoms with van der Waals surface area (Å²) >= 11 is 0. The molecular weight excluding hydrogens is 264 g/mol. The van der Waals surface area contributed by atoms with Crippen molar-refractivity contribution in [1.82, 2.24) is 20.6 Å². The van der Waals surface area contributed by atoms with Crippen LogP contribution in [0.1, 0.15) is 41.2 Å². The second kappa shape index (κ2) is 7.17. The van der Waals surface area contributed by atoms with E-state index in [4.69, 9.17) is 5.11 Å². The Morgan fingerprint density at radius 3 is 2.30 bits per heavy atom. The molecule has 8 nitrogen and oxygen atoms in total. The topological polar surface area (TPSA) is 121 Å². The summed E-state index contributed by atoms with van der Waals surface area (Å²) in [5.41, 5.74) is -0.239. The lowest BCUT2D eigenvalue weighted by molar-refractivity contribution is -0.121. The average molecular weight is 280 g/mol. The molecule has 0 unspecified atom stereocenters. The summed E-state index contributed by atoms with van der Waals surface area (Å²) in [5, 5.41) is 13.8. The molecule has 0 spiro atoms. The number of nitrogens with one attached hydrogen (secondary N) is 2. The van der Waals surface area contributed by atoms with E-state index < -0.39 is 11.9 Å². The molecule has 0 saturated heterocycles. The van der Waals surface area contributed by atoms with E-state index >= 15 is 0 Å². The highest BCUT2D eigenvalue weighted by Gasteiger charge is 2.11. The van der Waals surface area contributed by atoms with Crippen molar-refractivity contribution in [2.45, 2.75) is 26.3 Å². The predicted molar refractivity (Wildman–Crippen MR) is 69.2 cm³/mol. The van der Waals surface area contributed by atoms with Gasteiger partial charge < -0.3 is 15.7 Å². The molecular formula is C12H16N4O4. The fourth-order valence-corrected chi connectivity index (χ4v) is 1.33. The van der Waals surface area contributed by atoms with Gasteiger partial charge in [-0.3, -0.25) is 9.59 Å². The maximum atomic E-state index is 11.6. The van der Waals surface area contributed by atoms with Crippen LogP contribution in [0.25, 0.3) is 0 Å². The number of hydrogen-bond acceptors (Lipinski definition) is 5. The van der Waals surface area contributed by atoms with Crippen LogP contribution in [0, 0.1) is 0 Å². The summed E-state index contributed by atoms with van der Waals surface area (Å²) in [4.78, 5) is 40.8. The van der Waals surface area contributed by atoms with E-state index in [9.17, 15) is 14.4 Å². The summed E-state index contributed by atoms with van der Waals surface area (Å²) in [6.45, 7) is 3.85. The van der Waals surface area contributed by atoms with E-state index in [2.05, 4.69) is 20.6 Å². The third-order valence-corrected chi connectivity index (χ3v) is 2.19. The number of nitrogens with zero attached hydrogens (tertiary/aromatic N) is 2. The predicted octanol–water partition coefficient (Wildman–Crippen LogP) is -0.181. The van der Waals surface area contributed by atoms with Crippen LogP contribution < -0.4 is 10.6 Å². The van der Waals surface area contributed by atoms with E-state index in [1.54, 1.807) is 0 Å². The van der Waals surface area contributed by atoms with Gasteiger partial charge in [-0.05, 0) is 13.8 Å². The Kier molecular flexibility index (Phi) is 5.57. The first-order valence-electron chi connectivity index (χ1n) is 6.03. The van der Waals surface area contributed by atoms with Gasteiger partial charge in [0, 0.05) is 19.0 Å². The van der Waals surface area contributed by atoms with Gasteiger partial charge in [-0.15, -0.1) is 0 Å². The van der Waals surface area contributed by atoms with Gasteiger partial charge in [0.2, 0.25) is 5.91 Å². The first kappa shape index (κ1) is 15.5. The van der Waals surface area contributed by atoms with Crippen LogP contribution in [0.2, 0.25) is 0 Å². The number of rotatable bonds is 6. The lowest BCUT2D eigenvalue weighted by Crippen LogP contribution is -2.34. The molecule has 0 bridgehead atoms. The van der Waals surface area contributed by atoms with Crippen LogP contribution in [-0.2, 0) is 4.79 Å². The minimum absolute atomic E-state index is 0.000678. The quantitative estimate of drug-likeness (QED) is 0.664. The van der Waals surface area contributed by atoms with Crippen molar-refractivity contribution < 1.29 is 19.5 Å². The van der Waals surface area contributed by atoms with Crippen molar-refractivity contribution in [1.29, 1.82) is 0 Å². The zero-order chi connectivity index (χ0) is 15.1. The molecule has 0 aliphatic carbocycles. The zero-order valence-electron chi connectivity index (χ0n) is 11.2. The molecule has 0 radical (unpaired) electrons. The SMILES string of the molecule is CC(C)NC(=O)CCNC(=O)c1cnc(C(=O)O)cn1. The normalized spacial score (nSPS) is 10.2. The Balaban J connectivity index is 2.43. The van der Waals surface area contributed by atoms with Crippen LogP contribution in [-0.4, -0.2) is 45.4 Å². The van der Waals surface area contributed by atoms with Gasteiger partial charge >= 0.3 is 5.97 Å². The molecule has 0 aromatic carbocycles. The molecule has 1 heterocycles. The first-order valence-corrected chi connectivity index (χ1v) is 6.03. The number of aromatic carboxylic acids is 1. The standard InChI is InChI=1S/C12H16N4O4/c1-7(2)16-10(17)3-4-13-11(18)8-5-15-9(6-14-8)12(19)20/h5-7H,3-4H2,1-2H3,(H,13,18)(H,16,17)(H,19,20). The van der Waals surface area contributed by atoms with Crippen molar-refractivity contribution >= 4 is 17.8 Å². The summed E-state index contributed by atoms with van der Waals surface area (Å²) in [7, 11) is 0. The Bertz CT molecular complexity index is 499. The number of carboxylic acid groups (broad SMARTS) is 1. The van der Waals surface area contributed by atoms with Gasteiger partial charge in [-0.1, -0.05) is 0 Å². The number of hydrogen-bond donors (Lipinski definition) is 3. The van der Waals surface area contributed by atoms with Gasteiger partial charge in [0.1, 0.15) is 5.69 Å². The van der Waals surface area contributed by atoms with E-state index in [-0.39, 0.29) is 36.3 Å². The third-order valence-electron chi connectivity index (χ3n) is 2.19. The van der Waals surface area contributed by atoms with E-state index in [0.29, 0.717) is 0 Å².